The first-order valence-corrected chi connectivity index (χ1v) is 10.9. The normalized spacial score (nSPS) is 14.1. The first-order chi connectivity index (χ1) is 17.4. The van der Waals surface area contributed by atoms with Crippen molar-refractivity contribution in [1.82, 2.24) is 15.0 Å². The van der Waals surface area contributed by atoms with Crippen molar-refractivity contribution in [2.75, 3.05) is 56.2 Å². The van der Waals surface area contributed by atoms with Crippen molar-refractivity contribution in [2.24, 2.45) is 5.10 Å². The van der Waals surface area contributed by atoms with Gasteiger partial charge in [0.1, 0.15) is 0 Å². The van der Waals surface area contributed by atoms with Crippen LogP contribution in [0.15, 0.2) is 47.6 Å². The van der Waals surface area contributed by atoms with Gasteiger partial charge in [0.2, 0.25) is 17.8 Å². The van der Waals surface area contributed by atoms with Crippen LogP contribution >= 0.6 is 0 Å². The quantitative estimate of drug-likeness (QED) is 0.349. The molecule has 0 saturated carbocycles. The molecule has 13 heteroatoms. The van der Waals surface area contributed by atoms with Crippen molar-refractivity contribution in [1.29, 1.82) is 0 Å². The molecule has 0 amide bonds. The Morgan fingerprint density at radius 1 is 0.972 bits per heavy atom. The van der Waals surface area contributed by atoms with E-state index in [2.05, 4.69) is 30.8 Å². The molecular formula is C23H24F3N7O3. The van der Waals surface area contributed by atoms with Crippen LogP contribution in [0.5, 0.6) is 11.5 Å². The zero-order chi connectivity index (χ0) is 25.5. The molecule has 0 radical (unpaired) electrons. The summed E-state index contributed by atoms with van der Waals surface area (Å²) in [5.41, 5.74) is 2.88. The molecule has 0 bridgehead atoms. The van der Waals surface area contributed by atoms with Gasteiger partial charge in [-0.25, -0.2) is 5.43 Å². The second kappa shape index (κ2) is 11.1. The van der Waals surface area contributed by atoms with Crippen LogP contribution < -0.4 is 25.1 Å². The molecule has 1 saturated heterocycles. The third-order valence-corrected chi connectivity index (χ3v) is 5.15. The Hall–Kier alpha value is -4.13. The lowest BCUT2D eigenvalue weighted by Crippen LogP contribution is -2.37. The van der Waals surface area contributed by atoms with Gasteiger partial charge in [-0.3, -0.25) is 0 Å². The SMILES string of the molecule is COc1ccc(C=NNc2nc(Nc3cccc(C(F)(F)F)c3)nc(N3CCOCC3)n2)cc1OC. The zero-order valence-corrected chi connectivity index (χ0v) is 19.5. The molecule has 1 aliphatic heterocycles. The average molecular weight is 503 g/mol. The molecule has 1 aromatic heterocycles. The third-order valence-electron chi connectivity index (χ3n) is 5.15. The van der Waals surface area contributed by atoms with Gasteiger partial charge in [-0.05, 0) is 42.0 Å². The highest BCUT2D eigenvalue weighted by Crippen LogP contribution is 2.31. The largest absolute Gasteiger partial charge is 0.493 e. The number of ether oxygens (including phenoxy) is 3. The van der Waals surface area contributed by atoms with E-state index in [-0.39, 0.29) is 17.6 Å². The van der Waals surface area contributed by atoms with Gasteiger partial charge in [0.15, 0.2) is 11.5 Å². The van der Waals surface area contributed by atoms with E-state index in [9.17, 15) is 13.2 Å². The van der Waals surface area contributed by atoms with E-state index >= 15 is 0 Å². The summed E-state index contributed by atoms with van der Waals surface area (Å²) in [6, 6.07) is 10.1. The van der Waals surface area contributed by atoms with Crippen LogP contribution in [0.2, 0.25) is 0 Å². The lowest BCUT2D eigenvalue weighted by molar-refractivity contribution is -0.137. The predicted molar refractivity (Wildman–Crippen MR) is 128 cm³/mol. The highest BCUT2D eigenvalue weighted by atomic mass is 19.4. The fourth-order valence-corrected chi connectivity index (χ4v) is 3.38. The summed E-state index contributed by atoms with van der Waals surface area (Å²) >= 11 is 0. The standard InChI is InChI=1S/C23H24F3N7O3/c1-34-18-7-6-15(12-19(18)35-2)14-27-32-21-29-20(30-22(31-21)33-8-10-36-11-9-33)28-17-5-3-4-16(13-17)23(24,25)26/h3-7,12-14H,8-11H2,1-2H3,(H2,28,29,30,31,32). The van der Waals surface area contributed by atoms with Crippen LogP contribution in [0.25, 0.3) is 0 Å². The van der Waals surface area contributed by atoms with Gasteiger partial charge in [0, 0.05) is 18.8 Å². The van der Waals surface area contributed by atoms with E-state index in [4.69, 9.17) is 14.2 Å². The number of alkyl halides is 3. The number of anilines is 4. The third kappa shape index (κ3) is 6.30. The second-order valence-electron chi connectivity index (χ2n) is 7.57. The molecule has 0 unspecified atom stereocenters. The summed E-state index contributed by atoms with van der Waals surface area (Å²) in [6.45, 7) is 2.12. The minimum absolute atomic E-state index is 0.0645. The van der Waals surface area contributed by atoms with Gasteiger partial charge >= 0.3 is 6.18 Å². The van der Waals surface area contributed by atoms with Crippen LogP contribution in [-0.4, -0.2) is 61.7 Å². The number of hydrazone groups is 1. The summed E-state index contributed by atoms with van der Waals surface area (Å²) < 4.78 is 55.3. The number of halogens is 3. The van der Waals surface area contributed by atoms with Crippen LogP contribution in [0.4, 0.5) is 36.7 Å². The number of morpholine rings is 1. The van der Waals surface area contributed by atoms with E-state index in [0.717, 1.165) is 17.7 Å². The lowest BCUT2D eigenvalue weighted by Gasteiger charge is -2.27. The molecule has 2 heterocycles. The fourth-order valence-electron chi connectivity index (χ4n) is 3.38. The molecular weight excluding hydrogens is 479 g/mol. The van der Waals surface area contributed by atoms with Crippen molar-refractivity contribution in [3.63, 3.8) is 0 Å². The summed E-state index contributed by atoms with van der Waals surface area (Å²) in [5, 5.41) is 7.01. The van der Waals surface area contributed by atoms with Gasteiger partial charge < -0.3 is 24.4 Å². The Morgan fingerprint density at radius 2 is 1.72 bits per heavy atom. The van der Waals surface area contributed by atoms with Crippen molar-refractivity contribution in [3.8, 4) is 11.5 Å². The van der Waals surface area contributed by atoms with Gasteiger partial charge in [0.25, 0.3) is 0 Å². The molecule has 2 aromatic carbocycles. The van der Waals surface area contributed by atoms with E-state index in [1.54, 1.807) is 31.5 Å². The van der Waals surface area contributed by atoms with Crippen LogP contribution in [-0.2, 0) is 10.9 Å². The highest BCUT2D eigenvalue weighted by molar-refractivity contribution is 5.81. The maximum atomic E-state index is 13.1. The average Bonchev–Trinajstić information content (AvgIpc) is 2.88. The number of aromatic nitrogens is 3. The van der Waals surface area contributed by atoms with Crippen molar-refractivity contribution in [2.45, 2.75) is 6.18 Å². The first kappa shape index (κ1) is 25.0. The van der Waals surface area contributed by atoms with Gasteiger partial charge in [-0.2, -0.15) is 33.2 Å². The van der Waals surface area contributed by atoms with Crippen LogP contribution in [0, 0.1) is 0 Å². The molecule has 190 valence electrons. The number of hydrogen-bond donors (Lipinski definition) is 2. The molecule has 10 nitrogen and oxygen atoms in total. The smallest absolute Gasteiger partial charge is 0.416 e. The van der Waals surface area contributed by atoms with Gasteiger partial charge in [-0.15, -0.1) is 0 Å². The molecule has 1 fully saturated rings. The summed E-state index contributed by atoms with van der Waals surface area (Å²) in [7, 11) is 3.08. The Kier molecular flexibility index (Phi) is 7.68. The minimum Gasteiger partial charge on any atom is -0.493 e. The highest BCUT2D eigenvalue weighted by Gasteiger charge is 2.30. The number of benzene rings is 2. The Labute approximate surface area is 205 Å². The summed E-state index contributed by atoms with van der Waals surface area (Å²) in [6.07, 6.45) is -2.93. The van der Waals surface area contributed by atoms with E-state index < -0.39 is 11.7 Å². The topological polar surface area (TPSA) is 106 Å². The Bertz CT molecular complexity index is 1220. The Morgan fingerprint density at radius 3 is 2.44 bits per heavy atom. The van der Waals surface area contributed by atoms with Crippen molar-refractivity contribution >= 4 is 29.7 Å². The maximum Gasteiger partial charge on any atom is 0.416 e. The molecule has 36 heavy (non-hydrogen) atoms. The van der Waals surface area contributed by atoms with Gasteiger partial charge in [0.05, 0.1) is 39.2 Å². The van der Waals surface area contributed by atoms with Crippen molar-refractivity contribution < 1.29 is 27.4 Å². The summed E-state index contributed by atoms with van der Waals surface area (Å²) in [4.78, 5) is 15.0. The van der Waals surface area contributed by atoms with Gasteiger partial charge in [-0.1, -0.05) is 6.07 Å². The Balaban J connectivity index is 1.58. The zero-order valence-electron chi connectivity index (χ0n) is 19.5. The number of methoxy groups -OCH3 is 2. The fraction of sp³-hybridized carbons (Fsp3) is 0.304. The predicted octanol–water partition coefficient (Wildman–Crippen LogP) is 3.93. The molecule has 1 aliphatic rings. The van der Waals surface area contributed by atoms with Crippen LogP contribution in [0.1, 0.15) is 11.1 Å². The number of rotatable bonds is 8. The van der Waals surface area contributed by atoms with E-state index in [1.165, 1.54) is 19.2 Å². The summed E-state index contributed by atoms with van der Waals surface area (Å²) in [5.74, 6) is 1.64. The monoisotopic (exact) mass is 503 g/mol. The first-order valence-electron chi connectivity index (χ1n) is 10.9. The number of nitrogens with zero attached hydrogens (tertiary/aromatic N) is 5. The maximum absolute atomic E-state index is 13.1. The minimum atomic E-state index is -4.47. The molecule has 0 spiro atoms. The lowest BCUT2D eigenvalue weighted by atomic mass is 10.2. The molecule has 3 aromatic rings. The van der Waals surface area contributed by atoms with Crippen LogP contribution in [0.3, 0.4) is 0 Å². The van der Waals surface area contributed by atoms with E-state index in [0.29, 0.717) is 43.8 Å². The molecule has 0 atom stereocenters. The van der Waals surface area contributed by atoms with E-state index in [1.807, 2.05) is 4.90 Å². The second-order valence-corrected chi connectivity index (χ2v) is 7.57. The molecule has 2 N–H and O–H groups in total. The van der Waals surface area contributed by atoms with Crippen molar-refractivity contribution in [3.05, 3.63) is 53.6 Å². The molecule has 4 rings (SSSR count). The molecule has 0 aliphatic carbocycles. The number of hydrogen-bond acceptors (Lipinski definition) is 10. The number of nitrogens with one attached hydrogen (secondary N) is 2.